The van der Waals surface area contributed by atoms with Crippen LogP contribution in [-0.2, 0) is 10.6 Å². The van der Waals surface area contributed by atoms with Crippen molar-refractivity contribution >= 4 is 11.6 Å². The Morgan fingerprint density at radius 2 is 2.11 bits per heavy atom. The van der Waals surface area contributed by atoms with E-state index in [9.17, 15) is 0 Å². The van der Waals surface area contributed by atoms with Crippen LogP contribution in [0.25, 0.3) is 0 Å². The third-order valence-corrected chi connectivity index (χ3v) is 3.13. The number of halogens is 1. The van der Waals surface area contributed by atoms with Crippen LogP contribution >= 0.6 is 11.6 Å². The van der Waals surface area contributed by atoms with E-state index in [1.165, 1.54) is 12.8 Å². The molecule has 0 atom stereocenters. The van der Waals surface area contributed by atoms with E-state index >= 15 is 0 Å². The number of benzene rings is 1. The van der Waals surface area contributed by atoms with Crippen molar-refractivity contribution in [2.75, 3.05) is 20.0 Å². The number of hydrogen-bond acceptors (Lipinski definition) is 3. The number of hydrogen-bond donors (Lipinski definition) is 0. The van der Waals surface area contributed by atoms with Gasteiger partial charge in [0.1, 0.15) is 0 Å². The van der Waals surface area contributed by atoms with Gasteiger partial charge in [-0.3, -0.25) is 0 Å². The predicted molar refractivity (Wildman–Crippen MR) is 71.3 cm³/mol. The van der Waals surface area contributed by atoms with E-state index in [0.717, 1.165) is 23.8 Å². The lowest BCUT2D eigenvalue weighted by atomic mass is 10.2. The standard InChI is InChI=1S/C14H19ClO3/c1-2-17-13-5-3-4-12(8-15)14(13)18-10-16-9-11-6-7-11/h3-5,11H,2,6-10H2,1H3. The Hall–Kier alpha value is -0.930. The molecular formula is C14H19ClO3. The minimum absolute atomic E-state index is 0.254. The third kappa shape index (κ3) is 3.79. The first-order valence-electron chi connectivity index (χ1n) is 6.36. The molecule has 18 heavy (non-hydrogen) atoms. The van der Waals surface area contributed by atoms with Crippen LogP contribution in [0.1, 0.15) is 25.3 Å². The van der Waals surface area contributed by atoms with E-state index < -0.39 is 0 Å². The van der Waals surface area contributed by atoms with Gasteiger partial charge in [0, 0.05) is 5.56 Å². The Kier molecular flexibility index (Phi) is 5.14. The smallest absolute Gasteiger partial charge is 0.189 e. The Balaban J connectivity index is 1.93. The molecule has 1 saturated carbocycles. The SMILES string of the molecule is CCOc1cccc(CCl)c1OCOCC1CC1. The highest BCUT2D eigenvalue weighted by Gasteiger charge is 2.21. The predicted octanol–water partition coefficient (Wildman–Crippen LogP) is 3.59. The van der Waals surface area contributed by atoms with E-state index in [0.29, 0.717) is 18.2 Å². The van der Waals surface area contributed by atoms with Crippen molar-refractivity contribution in [3.05, 3.63) is 23.8 Å². The molecule has 3 nitrogen and oxygen atoms in total. The van der Waals surface area contributed by atoms with Gasteiger partial charge in [-0.25, -0.2) is 0 Å². The summed E-state index contributed by atoms with van der Waals surface area (Å²) in [6.45, 7) is 3.59. The molecule has 1 aliphatic carbocycles. The maximum absolute atomic E-state index is 5.90. The summed E-state index contributed by atoms with van der Waals surface area (Å²) in [5.41, 5.74) is 0.928. The first kappa shape index (κ1) is 13.5. The van der Waals surface area contributed by atoms with Crippen LogP contribution in [0.5, 0.6) is 11.5 Å². The molecule has 0 aromatic heterocycles. The molecule has 0 amide bonds. The van der Waals surface area contributed by atoms with Gasteiger partial charge < -0.3 is 14.2 Å². The molecule has 0 heterocycles. The average Bonchev–Trinajstić information content (AvgIpc) is 3.20. The lowest BCUT2D eigenvalue weighted by molar-refractivity contribution is 0.00797. The van der Waals surface area contributed by atoms with Crippen molar-refractivity contribution < 1.29 is 14.2 Å². The van der Waals surface area contributed by atoms with Gasteiger partial charge >= 0.3 is 0 Å². The molecule has 0 aliphatic heterocycles. The first-order chi connectivity index (χ1) is 8.85. The summed E-state index contributed by atoms with van der Waals surface area (Å²) >= 11 is 5.90. The molecule has 0 unspecified atom stereocenters. The number of alkyl halides is 1. The van der Waals surface area contributed by atoms with E-state index in [4.69, 9.17) is 25.8 Å². The monoisotopic (exact) mass is 270 g/mol. The minimum Gasteiger partial charge on any atom is -0.490 e. The zero-order valence-electron chi connectivity index (χ0n) is 10.7. The largest absolute Gasteiger partial charge is 0.490 e. The number of rotatable bonds is 8. The first-order valence-corrected chi connectivity index (χ1v) is 6.89. The van der Waals surface area contributed by atoms with Gasteiger partial charge in [-0.05, 0) is 31.7 Å². The van der Waals surface area contributed by atoms with Gasteiger partial charge in [-0.15, -0.1) is 11.6 Å². The molecule has 4 heteroatoms. The molecule has 0 spiro atoms. The van der Waals surface area contributed by atoms with E-state index in [1.807, 2.05) is 25.1 Å². The number of para-hydroxylation sites is 1. The van der Waals surface area contributed by atoms with E-state index in [-0.39, 0.29) is 6.79 Å². The highest BCUT2D eigenvalue weighted by atomic mass is 35.5. The van der Waals surface area contributed by atoms with Crippen LogP contribution in [0.15, 0.2) is 18.2 Å². The fraction of sp³-hybridized carbons (Fsp3) is 0.571. The second-order valence-corrected chi connectivity index (χ2v) is 4.65. The Labute approximate surface area is 113 Å². The van der Waals surface area contributed by atoms with Gasteiger partial charge in [0.15, 0.2) is 18.3 Å². The summed E-state index contributed by atoms with van der Waals surface area (Å²) in [7, 11) is 0. The Morgan fingerprint density at radius 3 is 2.78 bits per heavy atom. The maximum Gasteiger partial charge on any atom is 0.189 e. The lowest BCUT2D eigenvalue weighted by Crippen LogP contribution is -2.08. The molecule has 0 saturated heterocycles. The molecule has 2 rings (SSSR count). The van der Waals surface area contributed by atoms with Gasteiger partial charge in [0.2, 0.25) is 0 Å². The summed E-state index contributed by atoms with van der Waals surface area (Å²) in [5, 5.41) is 0. The van der Waals surface area contributed by atoms with Gasteiger partial charge in [0.05, 0.1) is 19.1 Å². The van der Waals surface area contributed by atoms with Crippen LogP contribution in [-0.4, -0.2) is 20.0 Å². The lowest BCUT2D eigenvalue weighted by Gasteiger charge is -2.14. The fourth-order valence-corrected chi connectivity index (χ4v) is 1.91. The number of ether oxygens (including phenoxy) is 3. The zero-order chi connectivity index (χ0) is 12.8. The van der Waals surface area contributed by atoms with Crippen LogP contribution in [0.3, 0.4) is 0 Å². The van der Waals surface area contributed by atoms with Crippen LogP contribution in [0, 0.1) is 5.92 Å². The van der Waals surface area contributed by atoms with Crippen molar-refractivity contribution in [2.24, 2.45) is 5.92 Å². The highest BCUT2D eigenvalue weighted by molar-refractivity contribution is 6.17. The molecule has 0 N–H and O–H groups in total. The molecule has 100 valence electrons. The van der Waals surface area contributed by atoms with E-state index in [1.54, 1.807) is 0 Å². The van der Waals surface area contributed by atoms with Crippen LogP contribution < -0.4 is 9.47 Å². The zero-order valence-corrected chi connectivity index (χ0v) is 11.4. The maximum atomic E-state index is 5.90. The van der Waals surface area contributed by atoms with Crippen LogP contribution in [0.4, 0.5) is 0 Å². The van der Waals surface area contributed by atoms with Crippen molar-refractivity contribution in [3.8, 4) is 11.5 Å². The molecular weight excluding hydrogens is 252 g/mol. The van der Waals surface area contributed by atoms with E-state index in [2.05, 4.69) is 0 Å². The summed E-state index contributed by atoms with van der Waals surface area (Å²) in [4.78, 5) is 0. The minimum atomic E-state index is 0.254. The second-order valence-electron chi connectivity index (χ2n) is 4.39. The summed E-state index contributed by atoms with van der Waals surface area (Å²) in [6, 6.07) is 5.74. The van der Waals surface area contributed by atoms with Crippen LogP contribution in [0.2, 0.25) is 0 Å². The highest BCUT2D eigenvalue weighted by Crippen LogP contribution is 2.33. The molecule has 0 bridgehead atoms. The molecule has 1 fully saturated rings. The molecule has 1 aromatic rings. The second kappa shape index (κ2) is 6.86. The molecule has 1 aliphatic rings. The van der Waals surface area contributed by atoms with Gasteiger partial charge in [-0.1, -0.05) is 12.1 Å². The quantitative estimate of drug-likeness (QED) is 0.410. The third-order valence-electron chi connectivity index (χ3n) is 2.84. The average molecular weight is 271 g/mol. The van der Waals surface area contributed by atoms with Gasteiger partial charge in [0.25, 0.3) is 0 Å². The fourth-order valence-electron chi connectivity index (χ4n) is 1.70. The summed E-state index contributed by atoms with van der Waals surface area (Å²) in [6.07, 6.45) is 2.56. The van der Waals surface area contributed by atoms with Crippen molar-refractivity contribution in [3.63, 3.8) is 0 Å². The van der Waals surface area contributed by atoms with Crippen molar-refractivity contribution in [1.29, 1.82) is 0 Å². The molecule has 0 radical (unpaired) electrons. The topological polar surface area (TPSA) is 27.7 Å². The summed E-state index contributed by atoms with van der Waals surface area (Å²) in [5.74, 6) is 2.57. The Morgan fingerprint density at radius 1 is 1.28 bits per heavy atom. The van der Waals surface area contributed by atoms with Crippen molar-refractivity contribution in [2.45, 2.75) is 25.6 Å². The van der Waals surface area contributed by atoms with Gasteiger partial charge in [-0.2, -0.15) is 0 Å². The summed E-state index contributed by atoms with van der Waals surface area (Å²) < 4.78 is 16.7. The Bertz CT molecular complexity index is 377. The normalized spacial score (nSPS) is 14.6. The molecule has 1 aromatic carbocycles. The van der Waals surface area contributed by atoms with Crippen molar-refractivity contribution in [1.82, 2.24) is 0 Å².